The zero-order valence-electron chi connectivity index (χ0n) is 18.7. The summed E-state index contributed by atoms with van der Waals surface area (Å²) in [4.78, 5) is 12.1. The van der Waals surface area contributed by atoms with Gasteiger partial charge in [0.1, 0.15) is 0 Å². The standard InChI is InChI=1S/C23H29N5O4S/c1-3-5-15-7-8-17(20(13-15)16-9-11-18(12-10-16)33(24,31)32)14-21(22-25-27-28-26-22)19(6-4-2)23(29)30/h7-13,19,21H,3-6,14H2,1-2H3,(H,29,30)(H2,24,31,32)(H,25,26,27,28)/t19-,21-/m0/s1. The first-order valence-electron chi connectivity index (χ1n) is 11.0. The van der Waals surface area contributed by atoms with E-state index in [-0.39, 0.29) is 4.90 Å². The zero-order valence-corrected chi connectivity index (χ0v) is 19.5. The zero-order chi connectivity index (χ0) is 24.0. The number of nitrogens with one attached hydrogen (secondary N) is 1. The fraction of sp³-hybridized carbons (Fsp3) is 0.391. The quantitative estimate of drug-likeness (QED) is 0.388. The molecule has 1 heterocycles. The Labute approximate surface area is 193 Å². The molecule has 33 heavy (non-hydrogen) atoms. The van der Waals surface area contributed by atoms with Gasteiger partial charge in [0, 0.05) is 5.92 Å². The van der Waals surface area contributed by atoms with Crippen molar-refractivity contribution in [3.8, 4) is 11.1 Å². The number of aliphatic carboxylic acids is 1. The molecule has 2 aromatic carbocycles. The van der Waals surface area contributed by atoms with Crippen LogP contribution in [0, 0.1) is 5.92 Å². The molecule has 9 nitrogen and oxygen atoms in total. The highest BCUT2D eigenvalue weighted by molar-refractivity contribution is 7.89. The van der Waals surface area contributed by atoms with Crippen molar-refractivity contribution in [2.75, 3.05) is 0 Å². The summed E-state index contributed by atoms with van der Waals surface area (Å²) < 4.78 is 23.3. The first-order chi connectivity index (χ1) is 15.7. The first-order valence-corrected chi connectivity index (χ1v) is 12.5. The number of primary sulfonamides is 1. The predicted molar refractivity (Wildman–Crippen MR) is 124 cm³/mol. The molecule has 0 spiro atoms. The van der Waals surface area contributed by atoms with Gasteiger partial charge < -0.3 is 5.11 Å². The van der Waals surface area contributed by atoms with Gasteiger partial charge in [-0.1, -0.05) is 62.2 Å². The Morgan fingerprint density at radius 1 is 1.12 bits per heavy atom. The molecule has 0 aliphatic heterocycles. The molecule has 3 aromatic rings. The molecule has 0 fully saturated rings. The SMILES string of the molecule is CCCc1ccc(C[C@H](c2nn[nH]n2)[C@H](CCC)C(=O)O)c(-c2ccc(S(N)(=O)=O)cc2)c1. The van der Waals surface area contributed by atoms with Crippen LogP contribution in [0.2, 0.25) is 0 Å². The van der Waals surface area contributed by atoms with Gasteiger partial charge in [-0.05, 0) is 53.6 Å². The summed E-state index contributed by atoms with van der Waals surface area (Å²) in [6.45, 7) is 4.05. The molecule has 4 N–H and O–H groups in total. The van der Waals surface area contributed by atoms with Crippen LogP contribution in [0.3, 0.4) is 0 Å². The van der Waals surface area contributed by atoms with Crippen molar-refractivity contribution in [3.05, 3.63) is 59.4 Å². The lowest BCUT2D eigenvalue weighted by molar-refractivity contribution is -0.143. The number of carboxylic acids is 1. The van der Waals surface area contributed by atoms with Gasteiger partial charge in [0.15, 0.2) is 5.82 Å². The normalized spacial score (nSPS) is 13.5. The number of carbonyl (C=O) groups is 1. The van der Waals surface area contributed by atoms with Gasteiger partial charge in [-0.3, -0.25) is 4.79 Å². The average molecular weight is 472 g/mol. The van der Waals surface area contributed by atoms with E-state index in [9.17, 15) is 18.3 Å². The average Bonchev–Trinajstić information content (AvgIpc) is 3.31. The van der Waals surface area contributed by atoms with Crippen molar-refractivity contribution in [1.29, 1.82) is 0 Å². The van der Waals surface area contributed by atoms with Crippen molar-refractivity contribution < 1.29 is 18.3 Å². The lowest BCUT2D eigenvalue weighted by Gasteiger charge is -2.23. The Morgan fingerprint density at radius 3 is 2.39 bits per heavy atom. The van der Waals surface area contributed by atoms with E-state index in [1.54, 1.807) is 12.1 Å². The number of aromatic nitrogens is 4. The maximum absolute atomic E-state index is 12.1. The molecule has 3 rings (SSSR count). The van der Waals surface area contributed by atoms with Crippen LogP contribution < -0.4 is 5.14 Å². The smallest absolute Gasteiger partial charge is 0.307 e. The van der Waals surface area contributed by atoms with Gasteiger partial charge in [-0.25, -0.2) is 13.6 Å². The molecule has 0 amide bonds. The van der Waals surface area contributed by atoms with Crippen molar-refractivity contribution >= 4 is 16.0 Å². The largest absolute Gasteiger partial charge is 0.481 e. The summed E-state index contributed by atoms with van der Waals surface area (Å²) in [6, 6.07) is 12.5. The van der Waals surface area contributed by atoms with Crippen molar-refractivity contribution in [2.24, 2.45) is 11.1 Å². The second-order valence-corrected chi connectivity index (χ2v) is 9.69. The number of aryl methyl sites for hydroxylation is 1. The summed E-state index contributed by atoms with van der Waals surface area (Å²) in [6.07, 6.45) is 3.47. The second-order valence-electron chi connectivity index (χ2n) is 8.12. The summed E-state index contributed by atoms with van der Waals surface area (Å²) in [5.41, 5.74) is 3.81. The molecule has 0 bridgehead atoms. The molecule has 2 atom stereocenters. The minimum absolute atomic E-state index is 0.0380. The lowest BCUT2D eigenvalue weighted by Crippen LogP contribution is -2.25. The van der Waals surface area contributed by atoms with Crippen LogP contribution >= 0.6 is 0 Å². The Bertz CT molecular complexity index is 1180. The van der Waals surface area contributed by atoms with Gasteiger partial charge in [-0.2, -0.15) is 5.21 Å². The molecule has 176 valence electrons. The highest BCUT2D eigenvalue weighted by atomic mass is 32.2. The lowest BCUT2D eigenvalue weighted by atomic mass is 9.81. The number of aromatic amines is 1. The van der Waals surface area contributed by atoms with E-state index in [1.165, 1.54) is 12.1 Å². The van der Waals surface area contributed by atoms with E-state index in [0.717, 1.165) is 35.1 Å². The van der Waals surface area contributed by atoms with E-state index in [4.69, 9.17) is 5.14 Å². The number of nitrogens with zero attached hydrogens (tertiary/aromatic N) is 3. The van der Waals surface area contributed by atoms with Crippen LogP contribution in [0.25, 0.3) is 11.1 Å². The monoisotopic (exact) mass is 471 g/mol. The number of hydrogen-bond acceptors (Lipinski definition) is 6. The molecule has 0 saturated heterocycles. The summed E-state index contributed by atoms with van der Waals surface area (Å²) in [5, 5.41) is 29.4. The van der Waals surface area contributed by atoms with Gasteiger partial charge in [0.2, 0.25) is 10.0 Å². The first kappa shape index (κ1) is 24.5. The highest BCUT2D eigenvalue weighted by Crippen LogP contribution is 2.34. The number of rotatable bonds is 11. The van der Waals surface area contributed by atoms with Crippen LogP contribution in [0.5, 0.6) is 0 Å². The van der Waals surface area contributed by atoms with E-state index < -0.39 is 27.8 Å². The third-order valence-electron chi connectivity index (χ3n) is 5.74. The molecule has 1 aromatic heterocycles. The maximum atomic E-state index is 12.1. The molecule has 0 radical (unpaired) electrons. The number of tetrazole rings is 1. The molecule has 10 heteroatoms. The number of H-pyrrole nitrogens is 1. The third kappa shape index (κ3) is 6.02. The molecule has 0 saturated carbocycles. The van der Waals surface area contributed by atoms with Gasteiger partial charge in [0.05, 0.1) is 10.8 Å². The molecule has 0 unspecified atom stereocenters. The number of carboxylic acid groups (broad SMARTS) is 1. The molecule has 0 aliphatic carbocycles. The Balaban J connectivity index is 2.08. The number of nitrogens with two attached hydrogens (primary N) is 1. The van der Waals surface area contributed by atoms with Crippen molar-refractivity contribution in [1.82, 2.24) is 20.6 Å². The minimum atomic E-state index is -3.80. The van der Waals surface area contributed by atoms with Crippen LogP contribution in [0.1, 0.15) is 56.0 Å². The third-order valence-corrected chi connectivity index (χ3v) is 6.67. The van der Waals surface area contributed by atoms with Gasteiger partial charge >= 0.3 is 5.97 Å². The number of benzene rings is 2. The van der Waals surface area contributed by atoms with E-state index in [2.05, 4.69) is 33.6 Å². The summed E-state index contributed by atoms with van der Waals surface area (Å²) >= 11 is 0. The predicted octanol–water partition coefficient (Wildman–Crippen LogP) is 3.29. The van der Waals surface area contributed by atoms with Gasteiger partial charge in [0.25, 0.3) is 0 Å². The van der Waals surface area contributed by atoms with Crippen molar-refractivity contribution in [2.45, 2.75) is 56.8 Å². The molecular weight excluding hydrogens is 442 g/mol. The number of hydrogen-bond donors (Lipinski definition) is 3. The van der Waals surface area contributed by atoms with Gasteiger partial charge in [-0.15, -0.1) is 10.2 Å². The fourth-order valence-corrected chi connectivity index (χ4v) is 4.64. The second kappa shape index (κ2) is 10.7. The fourth-order valence-electron chi connectivity index (χ4n) is 4.12. The summed E-state index contributed by atoms with van der Waals surface area (Å²) in [5.74, 6) is -1.67. The molecular formula is C23H29N5O4S. The topological polar surface area (TPSA) is 152 Å². The van der Waals surface area contributed by atoms with E-state index in [0.29, 0.717) is 25.1 Å². The highest BCUT2D eigenvalue weighted by Gasteiger charge is 2.32. The van der Waals surface area contributed by atoms with E-state index in [1.807, 2.05) is 19.1 Å². The Hall–Kier alpha value is -3.11. The maximum Gasteiger partial charge on any atom is 0.307 e. The van der Waals surface area contributed by atoms with Crippen LogP contribution in [-0.2, 0) is 27.7 Å². The van der Waals surface area contributed by atoms with Crippen LogP contribution in [0.15, 0.2) is 47.4 Å². The van der Waals surface area contributed by atoms with Crippen LogP contribution in [0.4, 0.5) is 0 Å². The van der Waals surface area contributed by atoms with Crippen LogP contribution in [-0.4, -0.2) is 40.1 Å². The minimum Gasteiger partial charge on any atom is -0.481 e. The summed E-state index contributed by atoms with van der Waals surface area (Å²) in [7, 11) is -3.80. The Kier molecular flexibility index (Phi) is 7.93. The van der Waals surface area contributed by atoms with E-state index >= 15 is 0 Å². The molecule has 0 aliphatic rings. The number of sulfonamides is 1. The van der Waals surface area contributed by atoms with Crippen molar-refractivity contribution in [3.63, 3.8) is 0 Å². The Morgan fingerprint density at radius 2 is 1.85 bits per heavy atom.